The quantitative estimate of drug-likeness (QED) is 0.763. The summed E-state index contributed by atoms with van der Waals surface area (Å²) in [6.45, 7) is 0. The van der Waals surface area contributed by atoms with E-state index in [1.54, 1.807) is 0 Å². The van der Waals surface area contributed by atoms with Crippen molar-refractivity contribution in [3.63, 3.8) is 0 Å². The Morgan fingerprint density at radius 2 is 2.29 bits per heavy atom. The fraction of sp³-hybridized carbons (Fsp3) is 0.182. The maximum absolute atomic E-state index is 8.69. The number of fused-ring (bicyclic) bond motifs is 1. The zero-order chi connectivity index (χ0) is 10.1. The number of nitriles is 1. The molecule has 14 heavy (non-hydrogen) atoms. The Kier molecular flexibility index (Phi) is 2.30. The first-order valence-corrected chi connectivity index (χ1v) is 5.12. The molecular weight excluding hydrogens is 240 g/mol. The van der Waals surface area contributed by atoms with Crippen LogP contribution in [-0.2, 0) is 13.5 Å². The van der Waals surface area contributed by atoms with Gasteiger partial charge < -0.3 is 4.57 Å². The van der Waals surface area contributed by atoms with Crippen molar-refractivity contribution in [2.24, 2.45) is 7.05 Å². The zero-order valence-electron chi connectivity index (χ0n) is 7.79. The second kappa shape index (κ2) is 3.47. The summed E-state index contributed by atoms with van der Waals surface area (Å²) in [6.07, 6.45) is 2.48. The number of halogens is 1. The van der Waals surface area contributed by atoms with Crippen molar-refractivity contribution in [1.29, 1.82) is 5.26 Å². The predicted octanol–water partition coefficient (Wildman–Crippen LogP) is 3.01. The summed E-state index contributed by atoms with van der Waals surface area (Å²) in [5.74, 6) is 0. The average molecular weight is 249 g/mol. The molecule has 0 unspecified atom stereocenters. The van der Waals surface area contributed by atoms with E-state index in [1.165, 1.54) is 5.52 Å². The molecule has 0 fully saturated rings. The van der Waals surface area contributed by atoms with Crippen molar-refractivity contribution >= 4 is 26.8 Å². The normalized spacial score (nSPS) is 10.4. The van der Waals surface area contributed by atoms with Crippen LogP contribution in [0.4, 0.5) is 0 Å². The molecule has 0 bridgehead atoms. The summed E-state index contributed by atoms with van der Waals surface area (Å²) < 4.78 is 3.10. The van der Waals surface area contributed by atoms with Crippen molar-refractivity contribution in [1.82, 2.24) is 4.57 Å². The van der Waals surface area contributed by atoms with Crippen LogP contribution in [0.2, 0.25) is 0 Å². The van der Waals surface area contributed by atoms with E-state index in [0.717, 1.165) is 15.4 Å². The number of aryl methyl sites for hydroxylation is 1. The third-order valence-corrected chi connectivity index (χ3v) is 2.80. The van der Waals surface area contributed by atoms with E-state index in [0.29, 0.717) is 6.42 Å². The van der Waals surface area contributed by atoms with Crippen LogP contribution in [-0.4, -0.2) is 4.57 Å². The highest BCUT2D eigenvalue weighted by atomic mass is 79.9. The van der Waals surface area contributed by atoms with Gasteiger partial charge in [0.05, 0.1) is 12.5 Å². The van der Waals surface area contributed by atoms with E-state index in [2.05, 4.69) is 38.7 Å². The lowest BCUT2D eigenvalue weighted by Gasteiger charge is -1.95. The van der Waals surface area contributed by atoms with Gasteiger partial charge in [0, 0.05) is 28.6 Å². The van der Waals surface area contributed by atoms with Crippen LogP contribution in [0.3, 0.4) is 0 Å². The Labute approximate surface area is 90.9 Å². The van der Waals surface area contributed by atoms with Crippen molar-refractivity contribution in [3.05, 3.63) is 34.4 Å². The fourth-order valence-corrected chi connectivity index (χ4v) is 2.03. The van der Waals surface area contributed by atoms with Crippen LogP contribution in [0.1, 0.15) is 5.56 Å². The van der Waals surface area contributed by atoms with Gasteiger partial charge in [-0.2, -0.15) is 5.26 Å². The smallest absolute Gasteiger partial charge is 0.0670 e. The summed E-state index contributed by atoms with van der Waals surface area (Å²) in [4.78, 5) is 0. The van der Waals surface area contributed by atoms with Gasteiger partial charge in [-0.3, -0.25) is 0 Å². The maximum atomic E-state index is 8.69. The van der Waals surface area contributed by atoms with Crippen molar-refractivity contribution in [2.45, 2.75) is 6.42 Å². The van der Waals surface area contributed by atoms with Crippen LogP contribution in [0.5, 0.6) is 0 Å². The standard InChI is InChI=1S/C11H9BrN2/c1-14-7-8(4-5-13)10-6-9(12)2-3-11(10)14/h2-3,6-7H,4H2,1H3. The lowest BCUT2D eigenvalue weighted by atomic mass is 10.1. The van der Waals surface area contributed by atoms with Gasteiger partial charge in [-0.15, -0.1) is 0 Å². The molecule has 2 nitrogen and oxygen atoms in total. The van der Waals surface area contributed by atoms with E-state index < -0.39 is 0 Å². The largest absolute Gasteiger partial charge is 0.350 e. The van der Waals surface area contributed by atoms with Gasteiger partial charge in [-0.1, -0.05) is 15.9 Å². The van der Waals surface area contributed by atoms with Gasteiger partial charge in [-0.05, 0) is 23.8 Å². The molecular formula is C11H9BrN2. The Morgan fingerprint density at radius 3 is 3.00 bits per heavy atom. The molecule has 3 heteroatoms. The third kappa shape index (κ3) is 1.42. The van der Waals surface area contributed by atoms with Crippen molar-refractivity contribution in [2.75, 3.05) is 0 Å². The molecule has 0 spiro atoms. The Bertz CT molecular complexity index is 520. The minimum atomic E-state index is 0.466. The lowest BCUT2D eigenvalue weighted by molar-refractivity contribution is 0.960. The number of aromatic nitrogens is 1. The zero-order valence-corrected chi connectivity index (χ0v) is 9.37. The van der Waals surface area contributed by atoms with E-state index in [9.17, 15) is 0 Å². The van der Waals surface area contributed by atoms with Crippen LogP contribution in [0.15, 0.2) is 28.9 Å². The summed E-state index contributed by atoms with van der Waals surface area (Å²) in [7, 11) is 2.00. The molecule has 1 aromatic heterocycles. The van der Waals surface area contributed by atoms with Crippen LogP contribution >= 0.6 is 15.9 Å². The molecule has 0 radical (unpaired) electrons. The molecule has 70 valence electrons. The van der Waals surface area contributed by atoms with Crippen molar-refractivity contribution < 1.29 is 0 Å². The first kappa shape index (κ1) is 9.29. The highest BCUT2D eigenvalue weighted by Gasteiger charge is 2.05. The summed E-state index contributed by atoms with van der Waals surface area (Å²) >= 11 is 3.43. The molecule has 1 aromatic carbocycles. The molecule has 0 aliphatic heterocycles. The maximum Gasteiger partial charge on any atom is 0.0670 e. The SMILES string of the molecule is Cn1cc(CC#N)c2cc(Br)ccc21. The molecule has 0 aliphatic rings. The Hall–Kier alpha value is -1.27. The van der Waals surface area contributed by atoms with Crippen LogP contribution in [0, 0.1) is 11.3 Å². The minimum Gasteiger partial charge on any atom is -0.350 e. The number of hydrogen-bond acceptors (Lipinski definition) is 1. The van der Waals surface area contributed by atoms with Gasteiger partial charge in [0.25, 0.3) is 0 Å². The van der Waals surface area contributed by atoms with Gasteiger partial charge >= 0.3 is 0 Å². The fourth-order valence-electron chi connectivity index (χ4n) is 1.67. The molecule has 1 heterocycles. The summed E-state index contributed by atoms with van der Waals surface area (Å²) in [5.41, 5.74) is 2.25. The third-order valence-electron chi connectivity index (χ3n) is 2.30. The topological polar surface area (TPSA) is 28.7 Å². The number of rotatable bonds is 1. The Balaban J connectivity index is 2.74. The molecule has 0 aliphatic carbocycles. The van der Waals surface area contributed by atoms with Crippen LogP contribution < -0.4 is 0 Å². The molecule has 0 N–H and O–H groups in total. The second-order valence-electron chi connectivity index (χ2n) is 3.26. The highest BCUT2D eigenvalue weighted by molar-refractivity contribution is 9.10. The molecule has 0 atom stereocenters. The average Bonchev–Trinajstić information content (AvgIpc) is 2.44. The molecule has 0 amide bonds. The summed E-state index contributed by atoms with van der Waals surface area (Å²) in [5, 5.41) is 9.84. The first-order valence-electron chi connectivity index (χ1n) is 4.33. The van der Waals surface area contributed by atoms with E-state index in [1.807, 2.05) is 19.3 Å². The predicted molar refractivity (Wildman–Crippen MR) is 59.9 cm³/mol. The lowest BCUT2D eigenvalue weighted by Crippen LogP contribution is -1.82. The second-order valence-corrected chi connectivity index (χ2v) is 4.18. The molecule has 0 saturated heterocycles. The number of nitrogens with zero attached hydrogens (tertiary/aromatic N) is 2. The molecule has 2 rings (SSSR count). The van der Waals surface area contributed by atoms with E-state index >= 15 is 0 Å². The van der Waals surface area contributed by atoms with E-state index in [4.69, 9.17) is 5.26 Å². The van der Waals surface area contributed by atoms with Crippen molar-refractivity contribution in [3.8, 4) is 6.07 Å². The van der Waals surface area contributed by atoms with E-state index in [-0.39, 0.29) is 0 Å². The van der Waals surface area contributed by atoms with Crippen LogP contribution in [0.25, 0.3) is 10.9 Å². The highest BCUT2D eigenvalue weighted by Crippen LogP contribution is 2.24. The Morgan fingerprint density at radius 1 is 1.50 bits per heavy atom. The van der Waals surface area contributed by atoms with Gasteiger partial charge in [-0.25, -0.2) is 0 Å². The number of benzene rings is 1. The number of hydrogen-bond donors (Lipinski definition) is 0. The minimum absolute atomic E-state index is 0.466. The van der Waals surface area contributed by atoms with Gasteiger partial charge in [0.1, 0.15) is 0 Å². The molecule has 0 saturated carbocycles. The first-order chi connectivity index (χ1) is 6.72. The monoisotopic (exact) mass is 248 g/mol. The summed E-state index contributed by atoms with van der Waals surface area (Å²) in [6, 6.07) is 8.31. The molecule has 2 aromatic rings. The van der Waals surface area contributed by atoms with Gasteiger partial charge in [0.2, 0.25) is 0 Å². The van der Waals surface area contributed by atoms with Gasteiger partial charge in [0.15, 0.2) is 0 Å².